The number of aromatic amines is 1. The molecule has 3 unspecified atom stereocenters. The van der Waals surface area contributed by atoms with Crippen LogP contribution in [0.5, 0.6) is 0 Å². The number of halogens is 1. The van der Waals surface area contributed by atoms with Crippen molar-refractivity contribution in [2.45, 2.75) is 31.7 Å². The lowest BCUT2D eigenvalue weighted by molar-refractivity contribution is 0.0802. The number of nitrogens with zero attached hydrogens (tertiary/aromatic N) is 1. The van der Waals surface area contributed by atoms with Gasteiger partial charge in [0.2, 0.25) is 0 Å². The average molecular weight is 290 g/mol. The lowest BCUT2D eigenvalue weighted by Gasteiger charge is -2.40. The van der Waals surface area contributed by atoms with Crippen LogP contribution in [0, 0.1) is 11.8 Å². The number of carbonyl (C=O) groups excluding carboxylic acids is 1. The maximum Gasteiger partial charge on any atom is 0.267 e. The number of hydrogen-bond donors (Lipinski definition) is 2. The summed E-state index contributed by atoms with van der Waals surface area (Å²) >= 11 is 5.86. The topological polar surface area (TPSA) is 57.8 Å². The van der Waals surface area contributed by atoms with E-state index in [1.165, 1.54) is 19.3 Å². The van der Waals surface area contributed by atoms with Crippen molar-refractivity contribution in [3.63, 3.8) is 0 Å². The van der Waals surface area contributed by atoms with Gasteiger partial charge in [0.25, 0.3) is 5.91 Å². The Balaban J connectivity index is 1.52. The lowest BCUT2D eigenvalue weighted by atomic mass is 9.71. The standard InChI is InChI=1S/C15H16ClN3O/c16-14-6-9-5-12(18-13(9)7-17-14)15(20)19-11-4-8-2-1-3-10(8)11/h5-8,10-11,18H,1-4H2,(H,19,20). The van der Waals surface area contributed by atoms with Gasteiger partial charge in [0, 0.05) is 11.4 Å². The van der Waals surface area contributed by atoms with Gasteiger partial charge in [-0.3, -0.25) is 4.79 Å². The Labute approximate surface area is 121 Å². The monoisotopic (exact) mass is 289 g/mol. The number of amides is 1. The van der Waals surface area contributed by atoms with E-state index in [2.05, 4.69) is 15.3 Å². The number of rotatable bonds is 2. The fourth-order valence-corrected chi connectivity index (χ4v) is 3.90. The molecule has 2 aliphatic rings. The fraction of sp³-hybridized carbons (Fsp3) is 0.467. The number of nitrogens with one attached hydrogen (secondary N) is 2. The van der Waals surface area contributed by atoms with Gasteiger partial charge in [0.05, 0.1) is 11.7 Å². The molecule has 2 aromatic heterocycles. The van der Waals surface area contributed by atoms with E-state index in [1.54, 1.807) is 12.3 Å². The molecule has 2 aliphatic carbocycles. The van der Waals surface area contributed by atoms with Gasteiger partial charge in [-0.2, -0.15) is 0 Å². The van der Waals surface area contributed by atoms with Gasteiger partial charge in [0.15, 0.2) is 0 Å². The molecule has 1 amide bonds. The third-order valence-corrected chi connectivity index (χ3v) is 5.03. The third kappa shape index (κ3) is 1.90. The number of hydrogen-bond acceptors (Lipinski definition) is 2. The van der Waals surface area contributed by atoms with E-state index in [0.29, 0.717) is 22.8 Å². The molecular weight excluding hydrogens is 274 g/mol. The Hall–Kier alpha value is -1.55. The van der Waals surface area contributed by atoms with Crippen molar-refractivity contribution >= 4 is 28.4 Å². The predicted octanol–water partition coefficient (Wildman–Crippen LogP) is 3.13. The number of H-pyrrole nitrogens is 1. The maximum atomic E-state index is 12.3. The van der Waals surface area contributed by atoms with Crippen LogP contribution in [0.25, 0.3) is 10.9 Å². The smallest absolute Gasteiger partial charge is 0.267 e. The van der Waals surface area contributed by atoms with Crippen molar-refractivity contribution < 1.29 is 4.79 Å². The van der Waals surface area contributed by atoms with Crippen LogP contribution in [-0.2, 0) is 0 Å². The third-order valence-electron chi connectivity index (χ3n) is 4.82. The molecule has 2 fully saturated rings. The van der Waals surface area contributed by atoms with E-state index < -0.39 is 0 Å². The molecule has 20 heavy (non-hydrogen) atoms. The molecule has 4 rings (SSSR count). The molecule has 104 valence electrons. The first-order valence-electron chi connectivity index (χ1n) is 7.16. The minimum atomic E-state index is -0.0207. The molecule has 2 heterocycles. The Bertz CT molecular complexity index is 681. The van der Waals surface area contributed by atoms with E-state index in [4.69, 9.17) is 11.6 Å². The summed E-state index contributed by atoms with van der Waals surface area (Å²) in [5.74, 6) is 1.54. The number of aromatic nitrogens is 2. The van der Waals surface area contributed by atoms with Gasteiger partial charge < -0.3 is 10.3 Å². The van der Waals surface area contributed by atoms with Crippen LogP contribution in [-0.4, -0.2) is 21.9 Å². The highest BCUT2D eigenvalue weighted by atomic mass is 35.5. The quantitative estimate of drug-likeness (QED) is 0.835. The zero-order valence-corrected chi connectivity index (χ0v) is 11.8. The number of fused-ring (bicyclic) bond motifs is 2. The summed E-state index contributed by atoms with van der Waals surface area (Å²) in [6.45, 7) is 0. The van der Waals surface area contributed by atoms with Gasteiger partial charge >= 0.3 is 0 Å². The zero-order valence-electron chi connectivity index (χ0n) is 11.0. The lowest BCUT2D eigenvalue weighted by Crippen LogP contribution is -2.50. The summed E-state index contributed by atoms with van der Waals surface area (Å²) in [5.41, 5.74) is 1.43. The predicted molar refractivity (Wildman–Crippen MR) is 77.8 cm³/mol. The Morgan fingerprint density at radius 1 is 1.40 bits per heavy atom. The first-order chi connectivity index (χ1) is 9.70. The highest BCUT2D eigenvalue weighted by Gasteiger charge is 2.44. The highest BCUT2D eigenvalue weighted by molar-refractivity contribution is 6.30. The summed E-state index contributed by atoms with van der Waals surface area (Å²) < 4.78 is 0. The first kappa shape index (κ1) is 12.2. The fourth-order valence-electron chi connectivity index (χ4n) is 3.73. The molecule has 0 spiro atoms. The Kier molecular flexibility index (Phi) is 2.74. The highest BCUT2D eigenvalue weighted by Crippen LogP contribution is 2.46. The molecule has 0 radical (unpaired) electrons. The molecule has 0 aromatic carbocycles. The molecule has 0 saturated heterocycles. The van der Waals surface area contributed by atoms with E-state index >= 15 is 0 Å². The molecule has 2 N–H and O–H groups in total. The van der Waals surface area contributed by atoms with E-state index in [-0.39, 0.29) is 5.91 Å². The van der Waals surface area contributed by atoms with Gasteiger partial charge in [-0.15, -0.1) is 0 Å². The molecule has 3 atom stereocenters. The van der Waals surface area contributed by atoms with Crippen LogP contribution in [0.2, 0.25) is 5.15 Å². The Morgan fingerprint density at radius 3 is 3.15 bits per heavy atom. The van der Waals surface area contributed by atoms with E-state index in [9.17, 15) is 4.79 Å². The second kappa shape index (κ2) is 4.48. The van der Waals surface area contributed by atoms with Crippen LogP contribution >= 0.6 is 11.6 Å². The second-order valence-corrected chi connectivity index (χ2v) is 6.34. The van der Waals surface area contributed by atoms with Crippen molar-refractivity contribution in [1.82, 2.24) is 15.3 Å². The second-order valence-electron chi connectivity index (χ2n) is 5.95. The average Bonchev–Trinajstić information content (AvgIpc) is 2.98. The van der Waals surface area contributed by atoms with Gasteiger partial charge in [-0.25, -0.2) is 4.98 Å². The molecule has 0 bridgehead atoms. The minimum absolute atomic E-state index is 0.0207. The van der Waals surface area contributed by atoms with Gasteiger partial charge in [0.1, 0.15) is 10.8 Å². The van der Waals surface area contributed by atoms with Crippen LogP contribution < -0.4 is 5.32 Å². The first-order valence-corrected chi connectivity index (χ1v) is 7.53. The summed E-state index contributed by atoms with van der Waals surface area (Å²) in [4.78, 5) is 19.4. The molecular formula is C15H16ClN3O. The molecule has 0 aliphatic heterocycles. The molecule has 2 saturated carbocycles. The van der Waals surface area contributed by atoms with Crippen molar-refractivity contribution in [3.8, 4) is 0 Å². The van der Waals surface area contributed by atoms with Gasteiger partial charge in [-0.1, -0.05) is 24.4 Å². The van der Waals surface area contributed by atoms with E-state index in [1.807, 2.05) is 6.07 Å². The van der Waals surface area contributed by atoms with Crippen molar-refractivity contribution in [3.05, 3.63) is 29.2 Å². The number of carbonyl (C=O) groups is 1. The van der Waals surface area contributed by atoms with Crippen molar-refractivity contribution in [2.24, 2.45) is 11.8 Å². The largest absolute Gasteiger partial charge is 0.349 e. The van der Waals surface area contributed by atoms with Crippen LogP contribution in [0.15, 0.2) is 18.3 Å². The van der Waals surface area contributed by atoms with Crippen molar-refractivity contribution in [2.75, 3.05) is 0 Å². The summed E-state index contributed by atoms with van der Waals surface area (Å²) in [6.07, 6.45) is 6.72. The summed E-state index contributed by atoms with van der Waals surface area (Å²) in [7, 11) is 0. The Morgan fingerprint density at radius 2 is 2.30 bits per heavy atom. The minimum Gasteiger partial charge on any atom is -0.349 e. The normalized spacial score (nSPS) is 28.1. The summed E-state index contributed by atoms with van der Waals surface area (Å²) in [6, 6.07) is 3.96. The number of pyridine rings is 1. The van der Waals surface area contributed by atoms with Gasteiger partial charge in [-0.05, 0) is 36.8 Å². The van der Waals surface area contributed by atoms with Crippen LogP contribution in [0.1, 0.15) is 36.2 Å². The molecule has 5 heteroatoms. The van der Waals surface area contributed by atoms with E-state index in [0.717, 1.165) is 23.2 Å². The summed E-state index contributed by atoms with van der Waals surface area (Å²) in [5, 5.41) is 4.52. The van der Waals surface area contributed by atoms with Crippen LogP contribution in [0.4, 0.5) is 0 Å². The van der Waals surface area contributed by atoms with Crippen molar-refractivity contribution in [1.29, 1.82) is 0 Å². The SMILES string of the molecule is O=C(NC1CC2CCCC21)c1cc2cc(Cl)ncc2[nH]1. The molecule has 4 nitrogen and oxygen atoms in total. The zero-order chi connectivity index (χ0) is 13.7. The maximum absolute atomic E-state index is 12.3. The molecule has 2 aromatic rings. The van der Waals surface area contributed by atoms with Crippen LogP contribution in [0.3, 0.4) is 0 Å².